The summed E-state index contributed by atoms with van der Waals surface area (Å²) in [7, 11) is 0. The average Bonchev–Trinajstić information content (AvgIpc) is 3.59. The molecule has 0 N–H and O–H groups in total. The lowest BCUT2D eigenvalue weighted by atomic mass is 9.91. The predicted octanol–water partition coefficient (Wildman–Crippen LogP) is 5.15. The number of ether oxygens (including phenoxy) is 1. The van der Waals surface area contributed by atoms with E-state index in [0.717, 1.165) is 30.5 Å². The van der Waals surface area contributed by atoms with Crippen LogP contribution in [0.3, 0.4) is 0 Å². The minimum atomic E-state index is -0.616. The minimum Gasteiger partial charge on any atom is -0.442 e. The van der Waals surface area contributed by atoms with Crippen LogP contribution in [0.5, 0.6) is 0 Å². The fourth-order valence-electron chi connectivity index (χ4n) is 5.05. The van der Waals surface area contributed by atoms with Gasteiger partial charge in [-0.3, -0.25) is 9.78 Å². The van der Waals surface area contributed by atoms with Crippen molar-refractivity contribution >= 4 is 17.6 Å². The molecular weight excluding hydrogens is 473 g/mol. The summed E-state index contributed by atoms with van der Waals surface area (Å²) in [4.78, 5) is 32.4. The van der Waals surface area contributed by atoms with Crippen molar-refractivity contribution in [1.29, 1.82) is 5.26 Å². The molecule has 0 spiro atoms. The summed E-state index contributed by atoms with van der Waals surface area (Å²) in [5, 5.41) is 13.8. The molecule has 1 atom stereocenters. The van der Waals surface area contributed by atoms with Crippen molar-refractivity contribution < 1.29 is 18.7 Å². The van der Waals surface area contributed by atoms with E-state index in [1.807, 2.05) is 25.7 Å². The van der Waals surface area contributed by atoms with E-state index >= 15 is 0 Å². The van der Waals surface area contributed by atoms with Crippen LogP contribution in [-0.2, 0) is 17.6 Å². The van der Waals surface area contributed by atoms with Crippen LogP contribution in [0.2, 0.25) is 0 Å². The van der Waals surface area contributed by atoms with E-state index in [4.69, 9.17) is 4.74 Å². The highest BCUT2D eigenvalue weighted by molar-refractivity contribution is 5.93. The third-order valence-corrected chi connectivity index (χ3v) is 6.86. The molecule has 1 amide bonds. The number of nitrogens with zero attached hydrogens (tertiary/aromatic N) is 5. The lowest BCUT2D eigenvalue weighted by Gasteiger charge is -2.34. The standard InChI is InChI=1S/C28H30FN5O3/c1-28(2,3)37-27(36)33-16-19-13-21(10-12-23(19)32-33)34(20-8-9-20)26(35)24-11-7-18(15-31-24)25-17(14-30)5-4-6-22(25)29/h6-7,11,15-16,20-21H,4-5,8-10,12-13H2,1-3H3. The molecule has 9 heteroatoms. The third kappa shape index (κ3) is 5.19. The summed E-state index contributed by atoms with van der Waals surface area (Å²) in [6.07, 6.45) is 9.04. The monoisotopic (exact) mass is 503 g/mol. The van der Waals surface area contributed by atoms with Crippen LogP contribution in [0, 0.1) is 11.3 Å². The van der Waals surface area contributed by atoms with E-state index < -0.39 is 17.5 Å². The summed E-state index contributed by atoms with van der Waals surface area (Å²) in [6.45, 7) is 5.43. The molecule has 192 valence electrons. The Morgan fingerprint density at radius 2 is 1.97 bits per heavy atom. The van der Waals surface area contributed by atoms with E-state index in [1.54, 1.807) is 18.3 Å². The molecule has 3 aliphatic rings. The van der Waals surface area contributed by atoms with E-state index in [9.17, 15) is 19.2 Å². The van der Waals surface area contributed by atoms with Gasteiger partial charge in [-0.25, -0.2) is 9.18 Å². The van der Waals surface area contributed by atoms with Gasteiger partial charge in [-0.05, 0) is 83.4 Å². The zero-order valence-corrected chi connectivity index (χ0v) is 21.3. The van der Waals surface area contributed by atoms with Crippen LogP contribution in [0.15, 0.2) is 42.0 Å². The van der Waals surface area contributed by atoms with Gasteiger partial charge in [0.25, 0.3) is 5.91 Å². The number of pyridine rings is 1. The first-order valence-corrected chi connectivity index (χ1v) is 12.7. The second kappa shape index (κ2) is 9.58. The number of nitriles is 1. The normalized spacial score (nSPS) is 19.5. The third-order valence-electron chi connectivity index (χ3n) is 6.86. The van der Waals surface area contributed by atoms with Crippen LogP contribution >= 0.6 is 0 Å². The molecule has 0 bridgehead atoms. The number of carbonyl (C=O) groups is 2. The predicted molar refractivity (Wildman–Crippen MR) is 134 cm³/mol. The van der Waals surface area contributed by atoms with Crippen molar-refractivity contribution in [3.05, 3.63) is 64.5 Å². The zero-order valence-electron chi connectivity index (χ0n) is 21.3. The summed E-state index contributed by atoms with van der Waals surface area (Å²) in [5.74, 6) is -0.579. The molecule has 2 aromatic rings. The Labute approximate surface area is 215 Å². The molecule has 37 heavy (non-hydrogen) atoms. The number of hydrogen-bond donors (Lipinski definition) is 0. The summed E-state index contributed by atoms with van der Waals surface area (Å²) < 4.78 is 21.2. The zero-order chi connectivity index (χ0) is 26.3. The van der Waals surface area contributed by atoms with E-state index in [0.29, 0.717) is 42.5 Å². The highest BCUT2D eigenvalue weighted by Gasteiger charge is 2.40. The van der Waals surface area contributed by atoms with Gasteiger partial charge < -0.3 is 9.64 Å². The first-order chi connectivity index (χ1) is 17.6. The molecule has 1 fully saturated rings. The van der Waals surface area contributed by atoms with Gasteiger partial charge in [0.15, 0.2) is 0 Å². The van der Waals surface area contributed by atoms with Gasteiger partial charge in [-0.15, -0.1) is 0 Å². The van der Waals surface area contributed by atoms with Crippen LogP contribution in [0.25, 0.3) is 5.57 Å². The Kier molecular flexibility index (Phi) is 6.44. The average molecular weight is 504 g/mol. The van der Waals surface area contributed by atoms with Crippen LogP contribution in [-0.4, -0.2) is 49.3 Å². The number of amides is 1. The van der Waals surface area contributed by atoms with E-state index in [1.165, 1.54) is 17.0 Å². The SMILES string of the molecule is CC(C)(C)OC(=O)n1cc2c(n1)CCC(N(C(=O)c1ccc(C3=C(C#N)CCC=C3F)cn1)C1CC1)C2. The maximum absolute atomic E-state index is 14.5. The maximum Gasteiger partial charge on any atom is 0.435 e. The molecule has 5 rings (SSSR count). The number of rotatable bonds is 4. The van der Waals surface area contributed by atoms with Crippen molar-refractivity contribution in [1.82, 2.24) is 19.7 Å². The van der Waals surface area contributed by atoms with Crippen molar-refractivity contribution in [3.63, 3.8) is 0 Å². The molecule has 0 saturated heterocycles. The number of allylic oxidation sites excluding steroid dienone is 4. The fraction of sp³-hybridized carbons (Fsp3) is 0.464. The topological polar surface area (TPSA) is 101 Å². The minimum absolute atomic E-state index is 0.0307. The van der Waals surface area contributed by atoms with Gasteiger partial charge in [-0.1, -0.05) is 6.07 Å². The number of hydrogen-bond acceptors (Lipinski definition) is 6. The maximum atomic E-state index is 14.5. The van der Waals surface area contributed by atoms with Crippen molar-refractivity contribution in [2.75, 3.05) is 0 Å². The molecule has 1 unspecified atom stereocenters. The second-order valence-corrected chi connectivity index (χ2v) is 10.9. The fourth-order valence-corrected chi connectivity index (χ4v) is 5.05. The number of halogens is 1. The van der Waals surface area contributed by atoms with Gasteiger partial charge in [0.2, 0.25) is 0 Å². The number of aryl methyl sites for hydroxylation is 1. The molecule has 3 aliphatic carbocycles. The van der Waals surface area contributed by atoms with Crippen molar-refractivity contribution in [3.8, 4) is 6.07 Å². The van der Waals surface area contributed by atoms with Gasteiger partial charge in [0.1, 0.15) is 17.1 Å². The summed E-state index contributed by atoms with van der Waals surface area (Å²) >= 11 is 0. The summed E-state index contributed by atoms with van der Waals surface area (Å²) in [6, 6.07) is 5.51. The van der Waals surface area contributed by atoms with Gasteiger partial charge in [0, 0.05) is 41.2 Å². The van der Waals surface area contributed by atoms with E-state index in [-0.39, 0.29) is 23.6 Å². The summed E-state index contributed by atoms with van der Waals surface area (Å²) in [5.41, 5.74) is 2.64. The molecule has 0 radical (unpaired) electrons. The van der Waals surface area contributed by atoms with Crippen LogP contribution < -0.4 is 0 Å². The highest BCUT2D eigenvalue weighted by atomic mass is 19.1. The first kappa shape index (κ1) is 24.9. The van der Waals surface area contributed by atoms with Gasteiger partial charge in [0.05, 0.1) is 11.8 Å². The molecule has 1 saturated carbocycles. The van der Waals surface area contributed by atoms with E-state index in [2.05, 4.69) is 16.2 Å². The molecule has 2 aromatic heterocycles. The largest absolute Gasteiger partial charge is 0.442 e. The van der Waals surface area contributed by atoms with Crippen molar-refractivity contribution in [2.24, 2.45) is 0 Å². The molecule has 8 nitrogen and oxygen atoms in total. The lowest BCUT2D eigenvalue weighted by molar-refractivity contribution is 0.0513. The Morgan fingerprint density at radius 3 is 2.62 bits per heavy atom. The molecular formula is C28H30FN5O3. The number of carbonyl (C=O) groups excluding carboxylic acids is 2. The number of aromatic nitrogens is 3. The molecule has 0 aliphatic heterocycles. The Morgan fingerprint density at radius 1 is 1.19 bits per heavy atom. The van der Waals surface area contributed by atoms with Crippen LogP contribution in [0.4, 0.5) is 9.18 Å². The van der Waals surface area contributed by atoms with Gasteiger partial charge >= 0.3 is 6.09 Å². The smallest absolute Gasteiger partial charge is 0.435 e. The number of fused-ring (bicyclic) bond motifs is 1. The highest BCUT2D eigenvalue weighted by Crippen LogP contribution is 2.36. The Hall–Kier alpha value is -3.80. The van der Waals surface area contributed by atoms with Crippen LogP contribution in [0.1, 0.15) is 80.2 Å². The Balaban J connectivity index is 1.34. The van der Waals surface area contributed by atoms with Gasteiger partial charge in [-0.2, -0.15) is 15.0 Å². The van der Waals surface area contributed by atoms with Crippen molar-refractivity contribution in [2.45, 2.75) is 83.4 Å². The lowest BCUT2D eigenvalue weighted by Crippen LogP contribution is -2.45. The molecule has 0 aromatic carbocycles. The molecule has 2 heterocycles. The first-order valence-electron chi connectivity index (χ1n) is 12.7. The quantitative estimate of drug-likeness (QED) is 0.572. The second-order valence-electron chi connectivity index (χ2n) is 10.9. The Bertz CT molecular complexity index is 1340.